The van der Waals surface area contributed by atoms with Crippen LogP contribution in [0.2, 0.25) is 0 Å². The highest BCUT2D eigenvalue weighted by atomic mass is 19.3. The SMILES string of the molecule is CCOC(=O)c1nc(C(F)F)cc(C#N)c1[N+](=O)[O-]. The van der Waals surface area contributed by atoms with Gasteiger partial charge in [-0.25, -0.2) is 18.6 Å². The smallest absolute Gasteiger partial charge is 0.364 e. The number of alkyl halides is 2. The van der Waals surface area contributed by atoms with Crippen molar-refractivity contribution in [1.82, 2.24) is 4.98 Å². The van der Waals surface area contributed by atoms with Gasteiger partial charge in [0.2, 0.25) is 5.69 Å². The van der Waals surface area contributed by atoms with E-state index in [4.69, 9.17) is 5.26 Å². The van der Waals surface area contributed by atoms with E-state index in [2.05, 4.69) is 9.72 Å². The van der Waals surface area contributed by atoms with E-state index in [0.29, 0.717) is 6.07 Å². The Morgan fingerprint density at radius 2 is 2.32 bits per heavy atom. The topological polar surface area (TPSA) is 106 Å². The summed E-state index contributed by atoms with van der Waals surface area (Å²) in [5, 5.41) is 19.5. The molecule has 0 saturated heterocycles. The molecule has 0 saturated carbocycles. The molecule has 0 radical (unpaired) electrons. The van der Waals surface area contributed by atoms with E-state index < -0.39 is 40.0 Å². The molecule has 1 aromatic heterocycles. The van der Waals surface area contributed by atoms with Crippen LogP contribution in [0.3, 0.4) is 0 Å². The second-order valence-corrected chi connectivity index (χ2v) is 3.18. The summed E-state index contributed by atoms with van der Waals surface area (Å²) >= 11 is 0. The predicted octanol–water partition coefficient (Wildman–Crippen LogP) is 1.98. The monoisotopic (exact) mass is 271 g/mol. The summed E-state index contributed by atoms with van der Waals surface area (Å²) in [5.74, 6) is -1.23. The van der Waals surface area contributed by atoms with Crippen molar-refractivity contribution >= 4 is 11.7 Å². The normalized spacial score (nSPS) is 10.1. The number of ether oxygens (including phenoxy) is 1. The Balaban J connectivity index is 3.56. The number of aromatic nitrogens is 1. The van der Waals surface area contributed by atoms with Crippen LogP contribution >= 0.6 is 0 Å². The molecule has 0 aliphatic heterocycles. The summed E-state index contributed by atoms with van der Waals surface area (Å²) in [7, 11) is 0. The maximum Gasteiger partial charge on any atom is 0.364 e. The number of carbonyl (C=O) groups is 1. The largest absolute Gasteiger partial charge is 0.461 e. The molecule has 0 fully saturated rings. The molecule has 0 N–H and O–H groups in total. The van der Waals surface area contributed by atoms with Crippen LogP contribution in [-0.2, 0) is 4.74 Å². The van der Waals surface area contributed by atoms with Crippen molar-refractivity contribution in [3.63, 3.8) is 0 Å². The zero-order chi connectivity index (χ0) is 14.6. The summed E-state index contributed by atoms with van der Waals surface area (Å²) in [6, 6.07) is 1.96. The Labute approximate surface area is 105 Å². The van der Waals surface area contributed by atoms with Crippen molar-refractivity contribution in [2.75, 3.05) is 6.61 Å². The van der Waals surface area contributed by atoms with Gasteiger partial charge in [0.25, 0.3) is 6.43 Å². The third-order valence-corrected chi connectivity index (χ3v) is 2.01. The van der Waals surface area contributed by atoms with Gasteiger partial charge in [-0.2, -0.15) is 5.26 Å². The minimum atomic E-state index is -3.07. The van der Waals surface area contributed by atoms with Crippen LogP contribution in [0.5, 0.6) is 0 Å². The second-order valence-electron chi connectivity index (χ2n) is 3.18. The third kappa shape index (κ3) is 2.98. The lowest BCUT2D eigenvalue weighted by atomic mass is 10.1. The summed E-state index contributed by atoms with van der Waals surface area (Å²) in [6.07, 6.45) is -3.07. The minimum absolute atomic E-state index is 0.113. The molecule has 1 heterocycles. The Morgan fingerprint density at radius 3 is 2.74 bits per heavy atom. The maximum atomic E-state index is 12.6. The number of pyridine rings is 1. The molecule has 1 rings (SSSR count). The molecule has 100 valence electrons. The summed E-state index contributed by atoms with van der Waals surface area (Å²) in [5.41, 5.74) is -3.41. The fourth-order valence-electron chi connectivity index (χ4n) is 1.28. The Hall–Kier alpha value is -2.63. The van der Waals surface area contributed by atoms with Gasteiger partial charge in [0.15, 0.2) is 0 Å². The van der Waals surface area contributed by atoms with Crippen molar-refractivity contribution in [1.29, 1.82) is 5.26 Å². The highest BCUT2D eigenvalue weighted by Crippen LogP contribution is 2.27. The quantitative estimate of drug-likeness (QED) is 0.470. The molecule has 1 aromatic rings. The molecule has 0 spiro atoms. The number of nitriles is 1. The molecule has 0 aliphatic carbocycles. The number of halogens is 2. The molecular weight excluding hydrogens is 264 g/mol. The second kappa shape index (κ2) is 5.81. The third-order valence-electron chi connectivity index (χ3n) is 2.01. The van der Waals surface area contributed by atoms with E-state index >= 15 is 0 Å². The van der Waals surface area contributed by atoms with Gasteiger partial charge in [-0.1, -0.05) is 0 Å². The molecule has 7 nitrogen and oxygen atoms in total. The van der Waals surface area contributed by atoms with E-state index in [1.54, 1.807) is 0 Å². The van der Waals surface area contributed by atoms with Crippen LogP contribution in [0, 0.1) is 21.4 Å². The first-order valence-electron chi connectivity index (χ1n) is 4.97. The lowest BCUT2D eigenvalue weighted by Gasteiger charge is -2.06. The molecular formula is C10H7F2N3O4. The van der Waals surface area contributed by atoms with Gasteiger partial charge in [-0.3, -0.25) is 10.1 Å². The average Bonchev–Trinajstić information content (AvgIpc) is 2.36. The van der Waals surface area contributed by atoms with Crippen molar-refractivity contribution in [2.45, 2.75) is 13.3 Å². The van der Waals surface area contributed by atoms with Gasteiger partial charge in [0.1, 0.15) is 17.3 Å². The van der Waals surface area contributed by atoms with E-state index in [-0.39, 0.29) is 6.61 Å². The standard InChI is InChI=1S/C10H7F2N3O4/c1-2-19-10(16)7-8(15(17)18)5(4-13)3-6(14-7)9(11)12/h3,9H,2H2,1H3. The van der Waals surface area contributed by atoms with E-state index in [1.165, 1.54) is 13.0 Å². The van der Waals surface area contributed by atoms with Gasteiger partial charge in [-0.15, -0.1) is 0 Å². The Kier molecular flexibility index (Phi) is 4.41. The molecule has 0 amide bonds. The van der Waals surface area contributed by atoms with E-state index in [0.717, 1.165) is 0 Å². The van der Waals surface area contributed by atoms with Crippen LogP contribution in [0.1, 0.15) is 35.1 Å². The van der Waals surface area contributed by atoms with Crippen LogP contribution in [0.25, 0.3) is 0 Å². The van der Waals surface area contributed by atoms with Crippen LogP contribution < -0.4 is 0 Å². The number of hydrogen-bond acceptors (Lipinski definition) is 6. The van der Waals surface area contributed by atoms with E-state index in [1.807, 2.05) is 0 Å². The molecule has 19 heavy (non-hydrogen) atoms. The first-order valence-corrected chi connectivity index (χ1v) is 4.97. The summed E-state index contributed by atoms with van der Waals surface area (Å²) in [6.45, 7) is 1.32. The van der Waals surface area contributed by atoms with Crippen LogP contribution in [0.4, 0.5) is 14.5 Å². The van der Waals surface area contributed by atoms with Gasteiger partial charge in [0, 0.05) is 0 Å². The number of esters is 1. The summed E-state index contributed by atoms with van der Waals surface area (Å²) in [4.78, 5) is 24.4. The van der Waals surface area contributed by atoms with Crippen molar-refractivity contribution in [3.8, 4) is 6.07 Å². The minimum Gasteiger partial charge on any atom is -0.461 e. The van der Waals surface area contributed by atoms with Gasteiger partial charge >= 0.3 is 11.7 Å². The highest BCUT2D eigenvalue weighted by Gasteiger charge is 2.30. The highest BCUT2D eigenvalue weighted by molar-refractivity contribution is 5.93. The average molecular weight is 271 g/mol. The van der Waals surface area contributed by atoms with Gasteiger partial charge < -0.3 is 4.74 Å². The maximum absolute atomic E-state index is 12.6. The first kappa shape index (κ1) is 14.4. The van der Waals surface area contributed by atoms with Crippen molar-refractivity contribution < 1.29 is 23.2 Å². The molecule has 0 atom stereocenters. The molecule has 0 aliphatic rings. The first-order chi connectivity index (χ1) is 8.92. The number of carbonyl (C=O) groups excluding carboxylic acids is 1. The number of nitrogens with zero attached hydrogens (tertiary/aromatic N) is 3. The summed E-state index contributed by atoms with van der Waals surface area (Å²) < 4.78 is 29.6. The molecule has 9 heteroatoms. The number of rotatable bonds is 4. The Bertz CT molecular complexity index is 569. The Morgan fingerprint density at radius 1 is 1.68 bits per heavy atom. The van der Waals surface area contributed by atoms with Gasteiger partial charge in [-0.05, 0) is 13.0 Å². The van der Waals surface area contributed by atoms with Crippen LogP contribution in [0.15, 0.2) is 6.07 Å². The molecule has 0 bridgehead atoms. The predicted molar refractivity (Wildman–Crippen MR) is 56.5 cm³/mol. The van der Waals surface area contributed by atoms with Gasteiger partial charge in [0.05, 0.1) is 11.5 Å². The zero-order valence-electron chi connectivity index (χ0n) is 9.59. The number of nitro groups is 1. The number of hydrogen-bond donors (Lipinski definition) is 0. The van der Waals surface area contributed by atoms with E-state index in [9.17, 15) is 23.7 Å². The lowest BCUT2D eigenvalue weighted by Crippen LogP contribution is -2.13. The lowest BCUT2D eigenvalue weighted by molar-refractivity contribution is -0.385. The van der Waals surface area contributed by atoms with Crippen LogP contribution in [-0.4, -0.2) is 22.5 Å². The molecule has 0 unspecified atom stereocenters. The molecule has 0 aromatic carbocycles. The fourth-order valence-corrected chi connectivity index (χ4v) is 1.28. The van der Waals surface area contributed by atoms with Crippen molar-refractivity contribution in [2.24, 2.45) is 0 Å². The van der Waals surface area contributed by atoms with Crippen molar-refractivity contribution in [3.05, 3.63) is 33.1 Å². The fraction of sp³-hybridized carbons (Fsp3) is 0.300. The zero-order valence-corrected chi connectivity index (χ0v) is 9.59.